The van der Waals surface area contributed by atoms with E-state index in [1.165, 1.54) is 13.2 Å². The third-order valence-electron chi connectivity index (χ3n) is 3.04. The van der Waals surface area contributed by atoms with Crippen molar-refractivity contribution in [2.45, 2.75) is 26.4 Å². The first kappa shape index (κ1) is 16.8. The molecule has 0 aromatic rings. The number of ether oxygens (including phenoxy) is 2. The van der Waals surface area contributed by atoms with Gasteiger partial charge in [-0.05, 0) is 13.0 Å². The molecule has 0 unspecified atom stereocenters. The van der Waals surface area contributed by atoms with Crippen LogP contribution in [0.2, 0.25) is 0 Å². The van der Waals surface area contributed by atoms with Gasteiger partial charge in [0.05, 0.1) is 7.11 Å². The summed E-state index contributed by atoms with van der Waals surface area (Å²) >= 11 is 0. The summed E-state index contributed by atoms with van der Waals surface area (Å²) in [7, 11) is 1.44. The molecule has 5 nitrogen and oxygen atoms in total. The number of aliphatic carboxylic acids is 1. The molecule has 21 heavy (non-hydrogen) atoms. The average molecular weight is 292 g/mol. The molecule has 1 rings (SSSR count). The van der Waals surface area contributed by atoms with Crippen LogP contribution < -0.4 is 0 Å². The van der Waals surface area contributed by atoms with Crippen LogP contribution in [-0.4, -0.2) is 30.3 Å². The predicted octanol–water partition coefficient (Wildman–Crippen LogP) is 2.61. The maximum absolute atomic E-state index is 11.6. The fourth-order valence-electron chi connectivity index (χ4n) is 1.96. The van der Waals surface area contributed by atoms with Gasteiger partial charge in [-0.25, -0.2) is 9.59 Å². The maximum Gasteiger partial charge on any atom is 0.373 e. The number of carbonyl (C=O) groups excluding carboxylic acids is 1. The van der Waals surface area contributed by atoms with Crippen LogP contribution in [0.15, 0.2) is 47.8 Å². The average Bonchev–Trinajstić information content (AvgIpc) is 2.43. The van der Waals surface area contributed by atoms with Crippen LogP contribution in [-0.2, 0) is 19.1 Å². The third kappa shape index (κ3) is 5.69. The summed E-state index contributed by atoms with van der Waals surface area (Å²) < 4.78 is 10.2. The van der Waals surface area contributed by atoms with Gasteiger partial charge in [-0.2, -0.15) is 0 Å². The molecule has 0 fully saturated rings. The van der Waals surface area contributed by atoms with Crippen LogP contribution in [0.25, 0.3) is 0 Å². The molecule has 1 aliphatic heterocycles. The SMILES string of the molecule is COC1=CC[C@@H]([C@@H](C)/C=C(C)/C=C/C=C/C(=O)O)OC1=O. The lowest BCUT2D eigenvalue weighted by Gasteiger charge is -2.25. The highest BCUT2D eigenvalue weighted by atomic mass is 16.6. The van der Waals surface area contributed by atoms with Gasteiger partial charge >= 0.3 is 11.9 Å². The molecular formula is C16H20O5. The van der Waals surface area contributed by atoms with Crippen LogP contribution in [0.3, 0.4) is 0 Å². The van der Waals surface area contributed by atoms with Crippen molar-refractivity contribution < 1.29 is 24.2 Å². The zero-order valence-corrected chi connectivity index (χ0v) is 12.4. The van der Waals surface area contributed by atoms with E-state index < -0.39 is 11.9 Å². The Morgan fingerprint density at radius 3 is 2.71 bits per heavy atom. The number of methoxy groups -OCH3 is 1. The fourth-order valence-corrected chi connectivity index (χ4v) is 1.96. The first-order chi connectivity index (χ1) is 9.93. The lowest BCUT2D eigenvalue weighted by atomic mass is 9.97. The summed E-state index contributed by atoms with van der Waals surface area (Å²) in [6.07, 6.45) is 10.1. The van der Waals surface area contributed by atoms with Crippen molar-refractivity contribution in [2.24, 2.45) is 5.92 Å². The van der Waals surface area contributed by atoms with E-state index >= 15 is 0 Å². The number of carboxylic acids is 1. The molecule has 2 atom stereocenters. The summed E-state index contributed by atoms with van der Waals surface area (Å²) in [5.74, 6) is -1.12. The molecule has 114 valence electrons. The Balaban J connectivity index is 2.61. The summed E-state index contributed by atoms with van der Waals surface area (Å²) in [6, 6.07) is 0. The van der Waals surface area contributed by atoms with Gasteiger partial charge in [-0.3, -0.25) is 0 Å². The van der Waals surface area contributed by atoms with E-state index in [9.17, 15) is 9.59 Å². The van der Waals surface area contributed by atoms with Crippen molar-refractivity contribution in [3.8, 4) is 0 Å². The molecule has 5 heteroatoms. The van der Waals surface area contributed by atoms with Gasteiger partial charge in [-0.1, -0.05) is 36.8 Å². The predicted molar refractivity (Wildman–Crippen MR) is 78.4 cm³/mol. The molecule has 1 N–H and O–H groups in total. The smallest absolute Gasteiger partial charge is 0.373 e. The minimum Gasteiger partial charge on any atom is -0.490 e. The van der Waals surface area contributed by atoms with Crippen LogP contribution in [0.5, 0.6) is 0 Å². The second-order valence-electron chi connectivity index (χ2n) is 4.78. The van der Waals surface area contributed by atoms with Crippen molar-refractivity contribution in [3.05, 3.63) is 47.8 Å². The maximum atomic E-state index is 11.6. The zero-order chi connectivity index (χ0) is 15.8. The summed E-state index contributed by atoms with van der Waals surface area (Å²) in [5.41, 5.74) is 0.968. The van der Waals surface area contributed by atoms with E-state index in [1.807, 2.05) is 19.9 Å². The largest absolute Gasteiger partial charge is 0.490 e. The van der Waals surface area contributed by atoms with Gasteiger partial charge in [0.2, 0.25) is 0 Å². The topological polar surface area (TPSA) is 72.8 Å². The van der Waals surface area contributed by atoms with Gasteiger partial charge in [0.25, 0.3) is 0 Å². The lowest BCUT2D eigenvalue weighted by molar-refractivity contribution is -0.151. The van der Waals surface area contributed by atoms with Crippen molar-refractivity contribution >= 4 is 11.9 Å². The minimum atomic E-state index is -0.982. The van der Waals surface area contributed by atoms with Crippen LogP contribution in [0.4, 0.5) is 0 Å². The quantitative estimate of drug-likeness (QED) is 0.463. The number of carboxylic acid groups (broad SMARTS) is 1. The number of rotatable bonds is 6. The molecule has 0 saturated carbocycles. The second-order valence-corrected chi connectivity index (χ2v) is 4.78. The Kier molecular flexibility index (Phi) is 6.46. The number of esters is 1. The highest BCUT2D eigenvalue weighted by Gasteiger charge is 2.26. The number of cyclic esters (lactones) is 1. The molecule has 0 aliphatic carbocycles. The summed E-state index contributed by atoms with van der Waals surface area (Å²) in [5, 5.41) is 8.46. The molecular weight excluding hydrogens is 272 g/mol. The summed E-state index contributed by atoms with van der Waals surface area (Å²) in [6.45, 7) is 3.87. The molecule has 0 spiro atoms. The Hall–Kier alpha value is -2.30. The van der Waals surface area contributed by atoms with Crippen LogP contribution in [0, 0.1) is 5.92 Å². The monoisotopic (exact) mass is 292 g/mol. The van der Waals surface area contributed by atoms with Gasteiger partial charge in [0.1, 0.15) is 6.10 Å². The van der Waals surface area contributed by atoms with Gasteiger partial charge in [0.15, 0.2) is 5.76 Å². The standard InChI is InChI=1S/C16H20O5/c1-11(6-4-5-7-15(17)18)10-12(2)13-8-9-14(20-3)16(19)21-13/h4-7,9-10,12-13H,8H2,1-3H3,(H,17,18)/b6-4+,7-5+,11-10+/t12-,13-/m0/s1. The van der Waals surface area contributed by atoms with Gasteiger partial charge < -0.3 is 14.6 Å². The molecule has 0 amide bonds. The molecule has 0 bridgehead atoms. The highest BCUT2D eigenvalue weighted by Crippen LogP contribution is 2.22. The highest BCUT2D eigenvalue weighted by molar-refractivity contribution is 5.87. The number of hydrogen-bond donors (Lipinski definition) is 1. The number of allylic oxidation sites excluding steroid dienone is 4. The fraction of sp³-hybridized carbons (Fsp3) is 0.375. The lowest BCUT2D eigenvalue weighted by Crippen LogP contribution is -2.29. The Labute approximate surface area is 124 Å². The van der Waals surface area contributed by atoms with E-state index in [2.05, 4.69) is 0 Å². The number of carbonyl (C=O) groups is 2. The minimum absolute atomic E-state index is 0.0525. The van der Waals surface area contributed by atoms with Crippen molar-refractivity contribution in [3.63, 3.8) is 0 Å². The van der Waals surface area contributed by atoms with Gasteiger partial charge in [0, 0.05) is 18.4 Å². The Morgan fingerprint density at radius 2 is 2.14 bits per heavy atom. The van der Waals surface area contributed by atoms with Crippen LogP contribution in [0.1, 0.15) is 20.3 Å². The molecule has 1 aliphatic rings. The first-order valence-electron chi connectivity index (χ1n) is 6.65. The van der Waals surface area contributed by atoms with E-state index in [0.717, 1.165) is 11.6 Å². The third-order valence-corrected chi connectivity index (χ3v) is 3.04. The zero-order valence-electron chi connectivity index (χ0n) is 12.4. The van der Waals surface area contributed by atoms with Crippen LogP contribution >= 0.6 is 0 Å². The van der Waals surface area contributed by atoms with E-state index in [-0.39, 0.29) is 17.8 Å². The van der Waals surface area contributed by atoms with Crippen molar-refractivity contribution in [1.82, 2.24) is 0 Å². The van der Waals surface area contributed by atoms with E-state index in [4.69, 9.17) is 14.6 Å². The molecule has 0 aromatic carbocycles. The first-order valence-corrected chi connectivity index (χ1v) is 6.65. The van der Waals surface area contributed by atoms with Crippen molar-refractivity contribution in [2.75, 3.05) is 7.11 Å². The van der Waals surface area contributed by atoms with Crippen molar-refractivity contribution in [1.29, 1.82) is 0 Å². The molecule has 0 radical (unpaired) electrons. The Bertz CT molecular complexity index is 511. The molecule has 0 aromatic heterocycles. The normalized spacial score (nSPS) is 21.3. The molecule has 0 saturated heterocycles. The second kappa shape index (κ2) is 8.09. The van der Waals surface area contributed by atoms with Gasteiger partial charge in [-0.15, -0.1) is 0 Å². The van der Waals surface area contributed by atoms with E-state index in [1.54, 1.807) is 18.2 Å². The summed E-state index contributed by atoms with van der Waals surface area (Å²) in [4.78, 5) is 21.9. The number of hydrogen-bond acceptors (Lipinski definition) is 4. The Morgan fingerprint density at radius 1 is 1.48 bits per heavy atom. The van der Waals surface area contributed by atoms with E-state index in [0.29, 0.717) is 6.42 Å². The molecule has 1 heterocycles.